The molecule has 0 aliphatic carbocycles. The predicted molar refractivity (Wildman–Crippen MR) is 100 cm³/mol. The zero-order valence-electron chi connectivity index (χ0n) is 14.1. The quantitative estimate of drug-likeness (QED) is 0.652. The van der Waals surface area contributed by atoms with Gasteiger partial charge in [-0.2, -0.15) is 0 Å². The maximum absolute atomic E-state index is 10.2. The van der Waals surface area contributed by atoms with Gasteiger partial charge >= 0.3 is 0 Å². The summed E-state index contributed by atoms with van der Waals surface area (Å²) in [5.41, 5.74) is 3.21. The van der Waals surface area contributed by atoms with Crippen molar-refractivity contribution < 1.29 is 9.84 Å². The van der Waals surface area contributed by atoms with Gasteiger partial charge in [-0.1, -0.05) is 72.8 Å². The van der Waals surface area contributed by atoms with Crippen LogP contribution in [0.5, 0.6) is 5.75 Å². The molecule has 0 heterocycles. The number of rotatable bonds is 8. The fraction of sp³-hybridized carbons (Fsp3) is 0.182. The van der Waals surface area contributed by atoms with Crippen LogP contribution in [0.2, 0.25) is 0 Å². The number of aliphatic hydroxyl groups is 1. The molecule has 128 valence electrons. The molecule has 3 nitrogen and oxygen atoms in total. The zero-order chi connectivity index (χ0) is 17.3. The van der Waals surface area contributed by atoms with Crippen LogP contribution in [0.1, 0.15) is 22.8 Å². The third-order valence-electron chi connectivity index (χ3n) is 4.00. The van der Waals surface area contributed by atoms with Gasteiger partial charge in [-0.05, 0) is 28.8 Å². The number of hydrogen-bond donors (Lipinski definition) is 2. The molecule has 3 rings (SSSR count). The number of ether oxygens (including phenoxy) is 1. The van der Waals surface area contributed by atoms with Crippen LogP contribution < -0.4 is 10.1 Å². The smallest absolute Gasteiger partial charge is 0.120 e. The molecule has 0 aliphatic rings. The van der Waals surface area contributed by atoms with E-state index >= 15 is 0 Å². The summed E-state index contributed by atoms with van der Waals surface area (Å²) in [5.74, 6) is 0.853. The summed E-state index contributed by atoms with van der Waals surface area (Å²) in [5, 5.41) is 13.5. The van der Waals surface area contributed by atoms with Gasteiger partial charge in [0.25, 0.3) is 0 Å². The monoisotopic (exact) mass is 333 g/mol. The molecule has 0 radical (unpaired) electrons. The second-order valence-electron chi connectivity index (χ2n) is 5.98. The van der Waals surface area contributed by atoms with Crippen molar-refractivity contribution in [3.05, 3.63) is 102 Å². The van der Waals surface area contributed by atoms with Gasteiger partial charge in [0, 0.05) is 13.1 Å². The van der Waals surface area contributed by atoms with E-state index in [1.54, 1.807) is 0 Å². The fourth-order valence-corrected chi connectivity index (χ4v) is 2.63. The van der Waals surface area contributed by atoms with Crippen molar-refractivity contribution in [1.82, 2.24) is 5.32 Å². The van der Waals surface area contributed by atoms with Crippen molar-refractivity contribution in [2.24, 2.45) is 0 Å². The van der Waals surface area contributed by atoms with Gasteiger partial charge in [0.2, 0.25) is 0 Å². The van der Waals surface area contributed by atoms with E-state index in [1.807, 2.05) is 66.7 Å². The van der Waals surface area contributed by atoms with E-state index in [0.717, 1.165) is 22.4 Å². The van der Waals surface area contributed by atoms with Gasteiger partial charge in [-0.25, -0.2) is 0 Å². The zero-order valence-corrected chi connectivity index (χ0v) is 14.1. The molecule has 3 heteroatoms. The van der Waals surface area contributed by atoms with Crippen molar-refractivity contribution in [3.63, 3.8) is 0 Å². The lowest BCUT2D eigenvalue weighted by atomic mass is 10.1. The van der Waals surface area contributed by atoms with Gasteiger partial charge in [-0.15, -0.1) is 0 Å². The van der Waals surface area contributed by atoms with E-state index in [0.29, 0.717) is 19.7 Å². The molecule has 0 saturated heterocycles. The standard InChI is InChI=1S/C22H23NO2/c24-22(20-11-5-2-6-12-20)16-23-15-19-10-7-13-21(14-19)25-17-18-8-3-1-4-9-18/h1-14,22-24H,15-17H2. The summed E-state index contributed by atoms with van der Waals surface area (Å²) in [4.78, 5) is 0. The highest BCUT2D eigenvalue weighted by Crippen LogP contribution is 2.16. The predicted octanol–water partition coefficient (Wildman–Crippen LogP) is 4.09. The number of aliphatic hydroxyl groups excluding tert-OH is 1. The molecule has 1 atom stereocenters. The normalized spacial score (nSPS) is 11.9. The van der Waals surface area contributed by atoms with Crippen LogP contribution >= 0.6 is 0 Å². The summed E-state index contributed by atoms with van der Waals surface area (Å²) >= 11 is 0. The minimum Gasteiger partial charge on any atom is -0.489 e. The summed E-state index contributed by atoms with van der Waals surface area (Å²) in [7, 11) is 0. The molecule has 0 spiro atoms. The molecule has 0 aromatic heterocycles. The van der Waals surface area contributed by atoms with E-state index in [1.165, 1.54) is 0 Å². The topological polar surface area (TPSA) is 41.5 Å². The average Bonchev–Trinajstić information content (AvgIpc) is 2.68. The summed E-state index contributed by atoms with van der Waals surface area (Å²) in [6, 6.07) is 27.9. The second kappa shape index (κ2) is 9.02. The number of benzene rings is 3. The van der Waals surface area contributed by atoms with Crippen molar-refractivity contribution >= 4 is 0 Å². The first-order valence-electron chi connectivity index (χ1n) is 8.50. The lowest BCUT2D eigenvalue weighted by Crippen LogP contribution is -2.21. The highest BCUT2D eigenvalue weighted by atomic mass is 16.5. The van der Waals surface area contributed by atoms with E-state index in [4.69, 9.17) is 4.74 Å². The Morgan fingerprint density at radius 2 is 1.48 bits per heavy atom. The summed E-state index contributed by atoms with van der Waals surface area (Å²) in [6.45, 7) is 1.76. The minimum atomic E-state index is -0.501. The van der Waals surface area contributed by atoms with Crippen molar-refractivity contribution in [3.8, 4) is 5.75 Å². The molecular weight excluding hydrogens is 310 g/mol. The van der Waals surface area contributed by atoms with Crippen LogP contribution in [-0.2, 0) is 13.2 Å². The fourth-order valence-electron chi connectivity index (χ4n) is 2.63. The third-order valence-corrected chi connectivity index (χ3v) is 4.00. The highest BCUT2D eigenvalue weighted by molar-refractivity contribution is 5.29. The Morgan fingerprint density at radius 3 is 2.24 bits per heavy atom. The van der Waals surface area contributed by atoms with Crippen LogP contribution in [0.4, 0.5) is 0 Å². The molecule has 3 aromatic carbocycles. The molecule has 0 fully saturated rings. The molecule has 0 saturated carbocycles. The maximum atomic E-state index is 10.2. The second-order valence-corrected chi connectivity index (χ2v) is 5.98. The Hall–Kier alpha value is -2.62. The van der Waals surface area contributed by atoms with E-state index in [9.17, 15) is 5.11 Å². The molecule has 25 heavy (non-hydrogen) atoms. The molecule has 1 unspecified atom stereocenters. The van der Waals surface area contributed by atoms with Gasteiger partial charge in [-0.3, -0.25) is 0 Å². The van der Waals surface area contributed by atoms with Crippen molar-refractivity contribution in [1.29, 1.82) is 0 Å². The lowest BCUT2D eigenvalue weighted by Gasteiger charge is -2.13. The molecule has 3 aromatic rings. The van der Waals surface area contributed by atoms with Gasteiger partial charge < -0.3 is 15.2 Å². The molecule has 0 aliphatic heterocycles. The Labute approximate surface area is 148 Å². The number of nitrogens with one attached hydrogen (secondary N) is 1. The minimum absolute atomic E-state index is 0.501. The van der Waals surface area contributed by atoms with Crippen LogP contribution in [0.25, 0.3) is 0 Å². The molecule has 0 bridgehead atoms. The van der Waals surface area contributed by atoms with Crippen molar-refractivity contribution in [2.45, 2.75) is 19.3 Å². The third kappa shape index (κ3) is 5.45. The van der Waals surface area contributed by atoms with Crippen LogP contribution in [0.3, 0.4) is 0 Å². The lowest BCUT2D eigenvalue weighted by molar-refractivity contribution is 0.174. The van der Waals surface area contributed by atoms with E-state index in [2.05, 4.69) is 23.5 Å². The molecule has 0 amide bonds. The first kappa shape index (κ1) is 17.2. The Kier molecular flexibility index (Phi) is 6.21. The first-order valence-corrected chi connectivity index (χ1v) is 8.50. The first-order chi connectivity index (χ1) is 12.3. The highest BCUT2D eigenvalue weighted by Gasteiger charge is 2.06. The molecular formula is C22H23NO2. The average molecular weight is 333 g/mol. The largest absolute Gasteiger partial charge is 0.489 e. The SMILES string of the molecule is OC(CNCc1cccc(OCc2ccccc2)c1)c1ccccc1. The van der Waals surface area contributed by atoms with Crippen LogP contribution in [0.15, 0.2) is 84.9 Å². The van der Waals surface area contributed by atoms with Gasteiger partial charge in [0.05, 0.1) is 6.10 Å². The maximum Gasteiger partial charge on any atom is 0.120 e. The van der Waals surface area contributed by atoms with E-state index < -0.39 is 6.10 Å². The number of hydrogen-bond acceptors (Lipinski definition) is 3. The Bertz CT molecular complexity index is 759. The van der Waals surface area contributed by atoms with Crippen molar-refractivity contribution in [2.75, 3.05) is 6.54 Å². The summed E-state index contributed by atoms with van der Waals surface area (Å²) in [6.07, 6.45) is -0.501. The Morgan fingerprint density at radius 1 is 0.800 bits per heavy atom. The van der Waals surface area contributed by atoms with Crippen LogP contribution in [-0.4, -0.2) is 11.7 Å². The van der Waals surface area contributed by atoms with Crippen LogP contribution in [0, 0.1) is 0 Å². The van der Waals surface area contributed by atoms with E-state index in [-0.39, 0.29) is 0 Å². The van der Waals surface area contributed by atoms with Gasteiger partial charge in [0.15, 0.2) is 0 Å². The summed E-state index contributed by atoms with van der Waals surface area (Å²) < 4.78 is 5.85. The molecule has 2 N–H and O–H groups in total. The Balaban J connectivity index is 1.48. The van der Waals surface area contributed by atoms with Gasteiger partial charge in [0.1, 0.15) is 12.4 Å².